The van der Waals surface area contributed by atoms with Gasteiger partial charge in [-0.2, -0.15) is 9.97 Å². The molecule has 0 aliphatic carbocycles. The van der Waals surface area contributed by atoms with Gasteiger partial charge < -0.3 is 0 Å². The zero-order valence-electron chi connectivity index (χ0n) is 26.2. The highest BCUT2D eigenvalue weighted by atomic mass is 15.3. The fourth-order valence-corrected chi connectivity index (χ4v) is 6.89. The average Bonchev–Trinajstić information content (AvgIpc) is 3.82. The van der Waals surface area contributed by atoms with E-state index < -0.39 is 0 Å². The van der Waals surface area contributed by atoms with Gasteiger partial charge in [0.1, 0.15) is 5.52 Å². The molecule has 7 heteroatoms. The molecular formula is C42H27N7. The highest BCUT2D eigenvalue weighted by Crippen LogP contribution is 2.38. The average molecular weight is 630 g/mol. The first kappa shape index (κ1) is 27.3. The van der Waals surface area contributed by atoms with Gasteiger partial charge in [0.25, 0.3) is 0 Å². The second-order valence-corrected chi connectivity index (χ2v) is 12.0. The van der Waals surface area contributed by atoms with Crippen molar-refractivity contribution in [2.24, 2.45) is 0 Å². The van der Waals surface area contributed by atoms with Crippen LogP contribution in [0.2, 0.25) is 0 Å². The first-order chi connectivity index (χ1) is 24.3. The number of nitrogens with zero attached hydrogens (tertiary/aromatic N) is 7. The Kier molecular flexibility index (Phi) is 6.04. The Labute approximate surface area is 281 Å². The van der Waals surface area contributed by atoms with E-state index in [1.165, 1.54) is 0 Å². The van der Waals surface area contributed by atoms with Crippen LogP contribution in [0.5, 0.6) is 0 Å². The zero-order chi connectivity index (χ0) is 32.3. The molecule has 0 radical (unpaired) electrons. The summed E-state index contributed by atoms with van der Waals surface area (Å²) < 4.78 is 6.62. The SMILES string of the molecule is c1ccc(-c2ccc(-c3nc(-c4ccccc4)nc(-n4c5c(c6ccccc6n5-c5ccccc5)n5c6ccccc6nc45)n3)cc2)cc1. The van der Waals surface area contributed by atoms with Crippen LogP contribution < -0.4 is 0 Å². The summed E-state index contributed by atoms with van der Waals surface area (Å²) in [6.07, 6.45) is 0. The molecule has 7 nitrogen and oxygen atoms in total. The minimum atomic E-state index is 0.492. The number of para-hydroxylation sites is 4. The van der Waals surface area contributed by atoms with Gasteiger partial charge in [0, 0.05) is 22.2 Å². The van der Waals surface area contributed by atoms with Crippen molar-refractivity contribution in [1.29, 1.82) is 0 Å². The monoisotopic (exact) mass is 629 g/mol. The van der Waals surface area contributed by atoms with Gasteiger partial charge >= 0.3 is 0 Å². The fourth-order valence-electron chi connectivity index (χ4n) is 6.89. The van der Waals surface area contributed by atoms with E-state index in [0.29, 0.717) is 17.6 Å². The summed E-state index contributed by atoms with van der Waals surface area (Å²) in [6, 6.07) is 56.1. The molecule has 49 heavy (non-hydrogen) atoms. The molecule has 0 fully saturated rings. The van der Waals surface area contributed by atoms with Gasteiger partial charge in [-0.25, -0.2) is 14.5 Å². The topological polar surface area (TPSA) is 65.8 Å². The third-order valence-corrected chi connectivity index (χ3v) is 9.12. The van der Waals surface area contributed by atoms with Crippen LogP contribution in [0.25, 0.3) is 84.4 Å². The second-order valence-electron chi connectivity index (χ2n) is 12.0. The Morgan fingerprint density at radius 1 is 0.388 bits per heavy atom. The first-order valence-corrected chi connectivity index (χ1v) is 16.3. The number of rotatable bonds is 5. The largest absolute Gasteiger partial charge is 0.294 e. The summed E-state index contributed by atoms with van der Waals surface area (Å²) in [5.74, 6) is 2.40. The van der Waals surface area contributed by atoms with Crippen LogP contribution in [-0.4, -0.2) is 33.5 Å². The number of imidazole rings is 2. The molecule has 0 unspecified atom stereocenters. The van der Waals surface area contributed by atoms with Crippen LogP contribution in [0.1, 0.15) is 0 Å². The van der Waals surface area contributed by atoms with Crippen molar-refractivity contribution in [3.8, 4) is 45.5 Å². The van der Waals surface area contributed by atoms with E-state index in [0.717, 1.165) is 66.8 Å². The van der Waals surface area contributed by atoms with Crippen molar-refractivity contribution in [3.05, 3.63) is 164 Å². The molecule has 0 bridgehead atoms. The Balaban J connectivity index is 1.31. The molecule has 4 aromatic heterocycles. The summed E-state index contributed by atoms with van der Waals surface area (Å²) >= 11 is 0. The summed E-state index contributed by atoms with van der Waals surface area (Å²) in [7, 11) is 0. The van der Waals surface area contributed by atoms with Crippen molar-refractivity contribution in [2.75, 3.05) is 0 Å². The molecule has 0 aliphatic rings. The third kappa shape index (κ3) is 4.29. The van der Waals surface area contributed by atoms with E-state index in [-0.39, 0.29) is 0 Å². The minimum absolute atomic E-state index is 0.492. The van der Waals surface area contributed by atoms with Gasteiger partial charge in [-0.05, 0) is 41.5 Å². The predicted molar refractivity (Wildman–Crippen MR) is 196 cm³/mol. The molecule has 0 aliphatic heterocycles. The lowest BCUT2D eigenvalue weighted by Gasteiger charge is -2.12. The molecule has 4 heterocycles. The first-order valence-electron chi connectivity index (χ1n) is 16.3. The predicted octanol–water partition coefficient (Wildman–Crippen LogP) is 9.56. The smallest absolute Gasteiger partial charge is 0.242 e. The standard InChI is InChI=1S/C42H27N7/c1-4-14-28(15-5-1)29-24-26-31(27-25-29)39-44-38(30-16-6-2-7-17-30)45-41(46-39)49-40-37(48-36-23-13-11-21-34(36)43-42(48)49)33-20-10-12-22-35(33)47(40)32-18-8-3-9-19-32/h1-27H. The van der Waals surface area contributed by atoms with Crippen LogP contribution in [0.4, 0.5) is 0 Å². The van der Waals surface area contributed by atoms with Crippen LogP contribution in [-0.2, 0) is 0 Å². The highest BCUT2D eigenvalue weighted by Gasteiger charge is 2.27. The number of fused-ring (bicyclic) bond motifs is 7. The number of hydrogen-bond donors (Lipinski definition) is 0. The van der Waals surface area contributed by atoms with Crippen molar-refractivity contribution in [1.82, 2.24) is 33.5 Å². The molecule has 0 N–H and O–H groups in total. The molecule has 0 atom stereocenters. The summed E-state index contributed by atoms with van der Waals surface area (Å²) in [5, 5.41) is 1.11. The molecule has 230 valence electrons. The van der Waals surface area contributed by atoms with Crippen molar-refractivity contribution < 1.29 is 0 Å². The quantitative estimate of drug-likeness (QED) is 0.190. The molecular weight excluding hydrogens is 603 g/mol. The number of benzene rings is 6. The summed E-state index contributed by atoms with van der Waals surface area (Å²) in [5.41, 5.74) is 10.1. The number of aromatic nitrogens is 7. The van der Waals surface area contributed by atoms with Gasteiger partial charge in [0.15, 0.2) is 17.3 Å². The normalized spacial score (nSPS) is 11.7. The maximum absolute atomic E-state index is 5.22. The maximum atomic E-state index is 5.22. The lowest BCUT2D eigenvalue weighted by atomic mass is 10.0. The van der Waals surface area contributed by atoms with Gasteiger partial charge in [-0.3, -0.25) is 8.97 Å². The molecule has 0 saturated carbocycles. The van der Waals surface area contributed by atoms with Crippen molar-refractivity contribution >= 4 is 38.9 Å². The Bertz CT molecular complexity index is 2800. The van der Waals surface area contributed by atoms with E-state index in [9.17, 15) is 0 Å². The molecule has 0 saturated heterocycles. The molecule has 6 aromatic carbocycles. The molecule has 10 rings (SSSR count). The van der Waals surface area contributed by atoms with Gasteiger partial charge in [0.05, 0.1) is 16.6 Å². The second kappa shape index (κ2) is 10.9. The highest BCUT2D eigenvalue weighted by molar-refractivity contribution is 6.10. The van der Waals surface area contributed by atoms with Gasteiger partial charge in [0.2, 0.25) is 11.7 Å². The minimum Gasteiger partial charge on any atom is -0.294 e. The molecule has 0 amide bonds. The molecule has 10 aromatic rings. The lowest BCUT2D eigenvalue weighted by molar-refractivity contribution is 0.918. The Morgan fingerprint density at radius 3 is 1.63 bits per heavy atom. The maximum Gasteiger partial charge on any atom is 0.242 e. The third-order valence-electron chi connectivity index (χ3n) is 9.12. The lowest BCUT2D eigenvalue weighted by Crippen LogP contribution is -2.09. The van der Waals surface area contributed by atoms with Gasteiger partial charge in [-0.1, -0.05) is 133 Å². The van der Waals surface area contributed by atoms with Crippen molar-refractivity contribution in [3.63, 3.8) is 0 Å². The van der Waals surface area contributed by atoms with E-state index in [2.05, 4.69) is 129 Å². The number of hydrogen-bond acceptors (Lipinski definition) is 4. The van der Waals surface area contributed by atoms with Crippen LogP contribution in [0, 0.1) is 0 Å². The van der Waals surface area contributed by atoms with E-state index in [4.69, 9.17) is 19.9 Å². The van der Waals surface area contributed by atoms with Crippen molar-refractivity contribution in [2.45, 2.75) is 0 Å². The van der Waals surface area contributed by atoms with Crippen LogP contribution in [0.3, 0.4) is 0 Å². The van der Waals surface area contributed by atoms with Gasteiger partial charge in [-0.15, -0.1) is 0 Å². The van der Waals surface area contributed by atoms with E-state index in [1.54, 1.807) is 0 Å². The van der Waals surface area contributed by atoms with E-state index >= 15 is 0 Å². The Hall–Kier alpha value is -6.86. The van der Waals surface area contributed by atoms with Crippen LogP contribution >= 0.6 is 0 Å². The van der Waals surface area contributed by atoms with E-state index in [1.807, 2.05) is 48.5 Å². The molecule has 0 spiro atoms. The van der Waals surface area contributed by atoms with Crippen LogP contribution in [0.15, 0.2) is 164 Å². The summed E-state index contributed by atoms with van der Waals surface area (Å²) in [4.78, 5) is 20.7. The zero-order valence-corrected chi connectivity index (χ0v) is 26.2. The fraction of sp³-hybridized carbons (Fsp3) is 0. The Morgan fingerprint density at radius 2 is 0.918 bits per heavy atom. The summed E-state index contributed by atoms with van der Waals surface area (Å²) in [6.45, 7) is 0.